The smallest absolute Gasteiger partial charge is 0.160 e. The van der Waals surface area contributed by atoms with Crippen LogP contribution in [-0.4, -0.2) is 14.5 Å². The van der Waals surface area contributed by atoms with Crippen LogP contribution >= 0.6 is 11.3 Å². The highest BCUT2D eigenvalue weighted by molar-refractivity contribution is 7.26. The van der Waals surface area contributed by atoms with E-state index in [1.165, 1.54) is 42.0 Å². The van der Waals surface area contributed by atoms with Gasteiger partial charge in [-0.05, 0) is 68.4 Å². The molecule has 0 saturated carbocycles. The van der Waals surface area contributed by atoms with Crippen LogP contribution < -0.4 is 0 Å². The van der Waals surface area contributed by atoms with E-state index in [9.17, 15) is 0 Å². The summed E-state index contributed by atoms with van der Waals surface area (Å²) in [5.74, 6) is 0.689. The Kier molecular flexibility index (Phi) is 5.90. The zero-order valence-electron chi connectivity index (χ0n) is 26.4. The van der Waals surface area contributed by atoms with Crippen molar-refractivity contribution in [3.8, 4) is 33.9 Å². The molecule has 0 spiro atoms. The van der Waals surface area contributed by atoms with Gasteiger partial charge < -0.3 is 8.98 Å². The van der Waals surface area contributed by atoms with Crippen LogP contribution in [0.4, 0.5) is 0 Å². The van der Waals surface area contributed by atoms with Crippen LogP contribution in [0.2, 0.25) is 0 Å². The molecule has 10 rings (SSSR count). The van der Waals surface area contributed by atoms with Gasteiger partial charge in [-0.3, -0.25) is 0 Å². The Hall–Kier alpha value is -5.78. The number of hydrogen-bond acceptors (Lipinski definition) is 4. The minimum absolute atomic E-state index is 0.312. The number of nitrogens with zero attached hydrogens (tertiary/aromatic N) is 3. The normalized spacial score (nSPS) is 12.1. The Morgan fingerprint density at radius 3 is 2.08 bits per heavy atom. The molecule has 0 aliphatic rings. The maximum Gasteiger partial charge on any atom is 0.160 e. The highest BCUT2D eigenvalue weighted by Crippen LogP contribution is 2.43. The number of rotatable bonds is 4. The van der Waals surface area contributed by atoms with Crippen molar-refractivity contribution in [2.45, 2.75) is 19.9 Å². The molecule has 48 heavy (non-hydrogen) atoms. The van der Waals surface area contributed by atoms with E-state index in [1.807, 2.05) is 17.4 Å². The monoisotopic (exact) mass is 635 g/mol. The summed E-state index contributed by atoms with van der Waals surface area (Å²) in [6.45, 7) is 4.49. The van der Waals surface area contributed by atoms with Gasteiger partial charge in [0, 0.05) is 70.0 Å². The lowest BCUT2D eigenvalue weighted by molar-refractivity contribution is 0.642. The summed E-state index contributed by atoms with van der Waals surface area (Å²) in [6.07, 6.45) is 0. The summed E-state index contributed by atoms with van der Waals surface area (Å²) < 4.78 is 11.4. The fraction of sp³-hybridized carbons (Fsp3) is 0.0698. The van der Waals surface area contributed by atoms with Crippen molar-refractivity contribution in [2.75, 3.05) is 0 Å². The average molecular weight is 636 g/mol. The number of aromatic nitrogens is 3. The minimum Gasteiger partial charge on any atom is -0.456 e. The summed E-state index contributed by atoms with van der Waals surface area (Å²) >= 11 is 1.82. The molecular formula is C43H29N3OS. The molecule has 6 aromatic carbocycles. The molecule has 0 unspecified atom stereocenters. The second-order valence-corrected chi connectivity index (χ2v) is 13.8. The highest BCUT2D eigenvalue weighted by atomic mass is 32.1. The molecule has 0 bridgehead atoms. The quantitative estimate of drug-likeness (QED) is 0.193. The van der Waals surface area contributed by atoms with Crippen LogP contribution in [-0.2, 0) is 0 Å². The molecule has 0 aliphatic heterocycles. The first-order valence-electron chi connectivity index (χ1n) is 16.4. The highest BCUT2D eigenvalue weighted by Gasteiger charge is 2.19. The first-order chi connectivity index (χ1) is 23.6. The molecule has 4 nitrogen and oxygen atoms in total. The standard InChI is InChI=1S/C43H29N3OS/c1-25(2)46-35-14-8-6-12-29(35)30-18-16-27(23-36(30)46)34-24-33(26-10-4-3-5-11-26)44-43(45-34)28-17-19-37-32(22-28)41-38(47-37)20-21-40-42(41)31-13-7-9-15-39(31)48-40/h3-25H,1-2H3. The molecule has 0 amide bonds. The van der Waals surface area contributed by atoms with E-state index in [2.05, 4.69) is 146 Å². The lowest BCUT2D eigenvalue weighted by atomic mass is 10.0. The summed E-state index contributed by atoms with van der Waals surface area (Å²) in [5.41, 5.74) is 9.08. The SMILES string of the molecule is CC(C)n1c2ccccc2c2ccc(-c3cc(-c4ccccc4)nc(-c4ccc5oc6ccc7sc8ccccc8c7c6c5c4)n3)cc21. The topological polar surface area (TPSA) is 43.9 Å². The van der Waals surface area contributed by atoms with E-state index in [-0.39, 0.29) is 0 Å². The zero-order chi connectivity index (χ0) is 31.9. The predicted octanol–water partition coefficient (Wildman–Crippen LogP) is 12.4. The van der Waals surface area contributed by atoms with Crippen LogP contribution in [0.1, 0.15) is 19.9 Å². The molecule has 0 N–H and O–H groups in total. The first-order valence-corrected chi connectivity index (χ1v) is 17.2. The Morgan fingerprint density at radius 2 is 1.23 bits per heavy atom. The number of furan rings is 1. The number of para-hydroxylation sites is 1. The van der Waals surface area contributed by atoms with Gasteiger partial charge in [0.15, 0.2) is 5.82 Å². The third-order valence-corrected chi connectivity index (χ3v) is 10.7. The maximum atomic E-state index is 6.41. The summed E-state index contributed by atoms with van der Waals surface area (Å²) in [4.78, 5) is 10.4. The van der Waals surface area contributed by atoms with Gasteiger partial charge in [-0.2, -0.15) is 0 Å². The lowest BCUT2D eigenvalue weighted by Gasteiger charge is -2.13. The molecular weight excluding hydrogens is 607 g/mol. The molecule has 0 radical (unpaired) electrons. The summed E-state index contributed by atoms with van der Waals surface area (Å²) in [6, 6.07) is 47.5. The maximum absolute atomic E-state index is 6.41. The first kappa shape index (κ1) is 27.3. The predicted molar refractivity (Wildman–Crippen MR) is 202 cm³/mol. The van der Waals surface area contributed by atoms with Crippen molar-refractivity contribution in [3.63, 3.8) is 0 Å². The van der Waals surface area contributed by atoms with Crippen molar-refractivity contribution < 1.29 is 4.42 Å². The second kappa shape index (κ2) is 10.4. The van der Waals surface area contributed by atoms with Crippen molar-refractivity contribution in [1.29, 1.82) is 0 Å². The van der Waals surface area contributed by atoms with Gasteiger partial charge in [-0.15, -0.1) is 11.3 Å². The van der Waals surface area contributed by atoms with E-state index < -0.39 is 0 Å². The van der Waals surface area contributed by atoms with E-state index >= 15 is 0 Å². The summed E-state index contributed by atoms with van der Waals surface area (Å²) in [7, 11) is 0. The summed E-state index contributed by atoms with van der Waals surface area (Å²) in [5, 5.41) is 7.26. The molecule has 0 aliphatic carbocycles. The molecule has 0 saturated heterocycles. The van der Waals surface area contributed by atoms with Crippen molar-refractivity contribution in [3.05, 3.63) is 133 Å². The van der Waals surface area contributed by atoms with E-state index in [4.69, 9.17) is 14.4 Å². The van der Waals surface area contributed by atoms with Gasteiger partial charge in [0.1, 0.15) is 11.2 Å². The molecule has 0 atom stereocenters. The van der Waals surface area contributed by atoms with Gasteiger partial charge in [0.2, 0.25) is 0 Å². The van der Waals surface area contributed by atoms with Crippen LogP contribution in [0, 0.1) is 0 Å². The van der Waals surface area contributed by atoms with Gasteiger partial charge in [0.25, 0.3) is 0 Å². The third kappa shape index (κ3) is 4.07. The lowest BCUT2D eigenvalue weighted by Crippen LogP contribution is -2.00. The van der Waals surface area contributed by atoms with Crippen LogP contribution in [0.5, 0.6) is 0 Å². The average Bonchev–Trinajstić information content (AvgIpc) is 3.80. The van der Waals surface area contributed by atoms with Crippen molar-refractivity contribution >= 4 is 75.3 Å². The second-order valence-electron chi connectivity index (χ2n) is 12.8. The Labute approximate surface area is 280 Å². The molecule has 4 aromatic heterocycles. The van der Waals surface area contributed by atoms with Crippen molar-refractivity contribution in [1.82, 2.24) is 14.5 Å². The molecule has 4 heterocycles. The van der Waals surface area contributed by atoms with E-state index in [0.29, 0.717) is 11.9 Å². The van der Waals surface area contributed by atoms with E-state index in [0.717, 1.165) is 50.0 Å². The molecule has 5 heteroatoms. The van der Waals surface area contributed by atoms with Crippen LogP contribution in [0.3, 0.4) is 0 Å². The number of fused-ring (bicyclic) bond motifs is 10. The number of hydrogen-bond donors (Lipinski definition) is 0. The largest absolute Gasteiger partial charge is 0.456 e. The molecule has 0 fully saturated rings. The van der Waals surface area contributed by atoms with E-state index in [1.54, 1.807) is 0 Å². The minimum atomic E-state index is 0.312. The fourth-order valence-corrected chi connectivity index (χ4v) is 8.53. The van der Waals surface area contributed by atoms with Gasteiger partial charge in [0.05, 0.1) is 16.9 Å². The number of benzene rings is 6. The molecule has 10 aromatic rings. The zero-order valence-corrected chi connectivity index (χ0v) is 27.3. The third-order valence-electron chi connectivity index (χ3n) is 9.55. The van der Waals surface area contributed by atoms with Gasteiger partial charge in [-0.25, -0.2) is 9.97 Å². The van der Waals surface area contributed by atoms with Crippen molar-refractivity contribution in [2.24, 2.45) is 0 Å². The number of thiophene rings is 1. The van der Waals surface area contributed by atoms with Gasteiger partial charge >= 0.3 is 0 Å². The Balaban J connectivity index is 1.21. The Morgan fingerprint density at radius 1 is 0.521 bits per heavy atom. The fourth-order valence-electron chi connectivity index (χ4n) is 7.42. The van der Waals surface area contributed by atoms with Crippen LogP contribution in [0.15, 0.2) is 138 Å². The Bertz CT molecular complexity index is 2870. The van der Waals surface area contributed by atoms with Crippen LogP contribution in [0.25, 0.3) is 97.8 Å². The molecule has 228 valence electrons. The van der Waals surface area contributed by atoms with Gasteiger partial charge in [-0.1, -0.05) is 78.9 Å².